The Balaban J connectivity index is 2.91. The van der Waals surface area contributed by atoms with Crippen molar-refractivity contribution in [1.82, 2.24) is 14.3 Å². The van der Waals surface area contributed by atoms with Crippen molar-refractivity contribution in [2.24, 2.45) is 0 Å². The smallest absolute Gasteiger partial charge is 0.246 e. The van der Waals surface area contributed by atoms with Gasteiger partial charge in [0.15, 0.2) is 0 Å². The fraction of sp³-hybridized carbons (Fsp3) is 0.636. The molecule has 1 aromatic heterocycles. The van der Waals surface area contributed by atoms with Crippen molar-refractivity contribution in [2.45, 2.75) is 18.7 Å². The monoisotopic (exact) mass is 288 g/mol. The number of ether oxygens (including phenoxy) is 1. The Hall–Kier alpha value is -1.25. The zero-order valence-corrected chi connectivity index (χ0v) is 12.3. The van der Waals surface area contributed by atoms with Crippen molar-refractivity contribution >= 4 is 16.0 Å². The molecule has 1 aromatic rings. The molecule has 0 atom stereocenters. The van der Waals surface area contributed by atoms with Crippen LogP contribution in [0.25, 0.3) is 0 Å². The zero-order valence-electron chi connectivity index (χ0n) is 11.5. The minimum atomic E-state index is -3.55. The maximum absolute atomic E-state index is 12.3. The summed E-state index contributed by atoms with van der Waals surface area (Å²) in [6.07, 6.45) is 2.63. The summed E-state index contributed by atoms with van der Waals surface area (Å²) in [5.74, 6) is 0.418. The Kier molecular flexibility index (Phi) is 6.13. The number of nitrogens with zero attached hydrogens (tertiary/aromatic N) is 3. The number of hydrogen-bond donors (Lipinski definition) is 1. The summed E-state index contributed by atoms with van der Waals surface area (Å²) in [5, 5.41) is 2.91. The highest BCUT2D eigenvalue weighted by atomic mass is 32.2. The molecular formula is C11H20N4O3S. The van der Waals surface area contributed by atoms with Crippen LogP contribution in [0.2, 0.25) is 0 Å². The molecule has 1 rings (SSSR count). The first-order valence-corrected chi connectivity index (χ1v) is 7.55. The van der Waals surface area contributed by atoms with Gasteiger partial charge in [-0.1, -0.05) is 6.92 Å². The Morgan fingerprint density at radius 2 is 1.95 bits per heavy atom. The van der Waals surface area contributed by atoms with Crippen LogP contribution in [0.5, 0.6) is 0 Å². The van der Waals surface area contributed by atoms with E-state index in [2.05, 4.69) is 15.3 Å². The summed E-state index contributed by atoms with van der Waals surface area (Å²) in [5.41, 5.74) is 0. The SMILES string of the molecule is CCNc1ncc(S(=O)(=O)N(CC)CCOC)cn1. The van der Waals surface area contributed by atoms with Crippen LogP contribution in [0.1, 0.15) is 13.8 Å². The molecule has 0 amide bonds. The first kappa shape index (κ1) is 15.8. The number of nitrogens with one attached hydrogen (secondary N) is 1. The molecule has 0 unspecified atom stereocenters. The van der Waals surface area contributed by atoms with Crippen molar-refractivity contribution in [2.75, 3.05) is 38.7 Å². The Morgan fingerprint density at radius 1 is 1.32 bits per heavy atom. The van der Waals surface area contributed by atoms with E-state index in [1.54, 1.807) is 6.92 Å². The van der Waals surface area contributed by atoms with Gasteiger partial charge >= 0.3 is 0 Å². The van der Waals surface area contributed by atoms with Crippen LogP contribution in [0, 0.1) is 0 Å². The number of hydrogen-bond acceptors (Lipinski definition) is 6. The number of likely N-dealkylation sites (N-methyl/N-ethyl adjacent to an activating group) is 1. The Bertz CT molecular complexity index is 475. The average Bonchev–Trinajstić information content (AvgIpc) is 2.40. The van der Waals surface area contributed by atoms with Gasteiger partial charge in [-0.05, 0) is 6.92 Å². The van der Waals surface area contributed by atoms with Gasteiger partial charge in [-0.15, -0.1) is 0 Å². The molecule has 0 aliphatic carbocycles. The minimum Gasteiger partial charge on any atom is -0.383 e. The molecule has 7 nitrogen and oxygen atoms in total. The van der Waals surface area contributed by atoms with E-state index in [4.69, 9.17) is 4.74 Å². The fourth-order valence-electron chi connectivity index (χ4n) is 1.49. The molecule has 0 aromatic carbocycles. The molecule has 0 fully saturated rings. The summed E-state index contributed by atoms with van der Waals surface area (Å²) in [4.78, 5) is 8.03. The van der Waals surface area contributed by atoms with Crippen LogP contribution in [0.3, 0.4) is 0 Å². The highest BCUT2D eigenvalue weighted by molar-refractivity contribution is 7.89. The van der Waals surface area contributed by atoms with Gasteiger partial charge in [0.2, 0.25) is 16.0 Å². The number of aromatic nitrogens is 2. The summed E-state index contributed by atoms with van der Waals surface area (Å²) in [6.45, 7) is 5.41. The predicted molar refractivity (Wildman–Crippen MR) is 72.5 cm³/mol. The van der Waals surface area contributed by atoms with Gasteiger partial charge < -0.3 is 10.1 Å². The van der Waals surface area contributed by atoms with E-state index in [1.807, 2.05) is 6.92 Å². The van der Waals surface area contributed by atoms with E-state index in [9.17, 15) is 8.42 Å². The van der Waals surface area contributed by atoms with E-state index in [-0.39, 0.29) is 4.90 Å². The molecule has 0 saturated heterocycles. The molecule has 1 N–H and O–H groups in total. The molecule has 0 spiro atoms. The van der Waals surface area contributed by atoms with Crippen molar-refractivity contribution in [3.05, 3.63) is 12.4 Å². The number of anilines is 1. The largest absolute Gasteiger partial charge is 0.383 e. The lowest BCUT2D eigenvalue weighted by atomic mass is 10.6. The summed E-state index contributed by atoms with van der Waals surface area (Å²) >= 11 is 0. The fourth-order valence-corrected chi connectivity index (χ4v) is 2.81. The molecule has 0 aliphatic heterocycles. The van der Waals surface area contributed by atoms with Crippen molar-refractivity contribution in [3.63, 3.8) is 0 Å². The van der Waals surface area contributed by atoms with Gasteiger partial charge in [0.25, 0.3) is 0 Å². The standard InChI is InChI=1S/C11H20N4O3S/c1-4-12-11-13-8-10(9-14-11)19(16,17)15(5-2)6-7-18-3/h8-9H,4-7H2,1-3H3,(H,12,13,14). The lowest BCUT2D eigenvalue weighted by Gasteiger charge is -2.19. The summed E-state index contributed by atoms with van der Waals surface area (Å²) in [6, 6.07) is 0. The minimum absolute atomic E-state index is 0.0899. The normalized spacial score (nSPS) is 11.8. The van der Waals surface area contributed by atoms with E-state index in [0.717, 1.165) is 0 Å². The molecule has 0 radical (unpaired) electrons. The number of methoxy groups -OCH3 is 1. The maximum Gasteiger partial charge on any atom is 0.246 e. The summed E-state index contributed by atoms with van der Waals surface area (Å²) in [7, 11) is -2.02. The second-order valence-electron chi connectivity index (χ2n) is 3.76. The van der Waals surface area contributed by atoms with Gasteiger partial charge in [-0.25, -0.2) is 18.4 Å². The highest BCUT2D eigenvalue weighted by Gasteiger charge is 2.23. The van der Waals surface area contributed by atoms with Crippen molar-refractivity contribution in [3.8, 4) is 0 Å². The van der Waals surface area contributed by atoms with Gasteiger partial charge in [-0.3, -0.25) is 0 Å². The first-order chi connectivity index (χ1) is 9.06. The molecule has 0 aliphatic rings. The van der Waals surface area contributed by atoms with Crippen LogP contribution >= 0.6 is 0 Å². The van der Waals surface area contributed by atoms with E-state index in [1.165, 1.54) is 23.8 Å². The lowest BCUT2D eigenvalue weighted by molar-refractivity contribution is 0.180. The van der Waals surface area contributed by atoms with Crippen LogP contribution in [-0.2, 0) is 14.8 Å². The van der Waals surface area contributed by atoms with E-state index >= 15 is 0 Å². The molecular weight excluding hydrogens is 268 g/mol. The van der Waals surface area contributed by atoms with Gasteiger partial charge in [0.05, 0.1) is 19.0 Å². The van der Waals surface area contributed by atoms with Crippen LogP contribution in [-0.4, -0.2) is 56.0 Å². The molecule has 108 valence electrons. The van der Waals surface area contributed by atoms with Crippen molar-refractivity contribution in [1.29, 1.82) is 0 Å². The van der Waals surface area contributed by atoms with Crippen LogP contribution < -0.4 is 5.32 Å². The molecule has 1 heterocycles. The second kappa shape index (κ2) is 7.37. The average molecular weight is 288 g/mol. The molecule has 8 heteroatoms. The highest BCUT2D eigenvalue weighted by Crippen LogP contribution is 2.14. The van der Waals surface area contributed by atoms with Crippen molar-refractivity contribution < 1.29 is 13.2 Å². The van der Waals surface area contributed by atoms with Gasteiger partial charge in [0.1, 0.15) is 4.90 Å². The quantitative estimate of drug-likeness (QED) is 0.752. The van der Waals surface area contributed by atoms with Gasteiger partial charge in [-0.2, -0.15) is 4.31 Å². The number of sulfonamides is 1. The topological polar surface area (TPSA) is 84.4 Å². The predicted octanol–water partition coefficient (Wildman–Crippen LogP) is 0.565. The maximum atomic E-state index is 12.3. The second-order valence-corrected chi connectivity index (χ2v) is 5.70. The lowest BCUT2D eigenvalue weighted by Crippen LogP contribution is -2.33. The Labute approximate surface area is 114 Å². The molecule has 19 heavy (non-hydrogen) atoms. The Morgan fingerprint density at radius 3 is 2.42 bits per heavy atom. The van der Waals surface area contributed by atoms with E-state index in [0.29, 0.717) is 32.2 Å². The van der Waals surface area contributed by atoms with E-state index < -0.39 is 10.0 Å². The first-order valence-electron chi connectivity index (χ1n) is 6.11. The molecule has 0 saturated carbocycles. The third-order valence-electron chi connectivity index (χ3n) is 2.50. The third-order valence-corrected chi connectivity index (χ3v) is 4.43. The molecule has 0 bridgehead atoms. The van der Waals surface area contributed by atoms with Crippen LogP contribution in [0.15, 0.2) is 17.3 Å². The number of rotatable bonds is 8. The van der Waals surface area contributed by atoms with Gasteiger partial charge in [0, 0.05) is 26.7 Å². The zero-order chi connectivity index (χ0) is 14.3. The third kappa shape index (κ3) is 4.12. The van der Waals surface area contributed by atoms with Crippen LogP contribution in [0.4, 0.5) is 5.95 Å². The summed E-state index contributed by atoms with van der Waals surface area (Å²) < 4.78 is 30.9.